The molecule has 0 saturated carbocycles. The maximum absolute atomic E-state index is 12.2. The molecule has 100 valence electrons. The number of nitrogens with two attached hydrogens (primary N) is 1. The summed E-state index contributed by atoms with van der Waals surface area (Å²) >= 11 is 0. The highest BCUT2D eigenvalue weighted by molar-refractivity contribution is 5.82. The fourth-order valence-corrected chi connectivity index (χ4v) is 1.49. The zero-order valence-corrected chi connectivity index (χ0v) is 11.7. The van der Waals surface area contributed by atoms with Crippen LogP contribution in [0.3, 0.4) is 0 Å². The van der Waals surface area contributed by atoms with Gasteiger partial charge in [-0.25, -0.2) is 5.01 Å². The predicted molar refractivity (Wildman–Crippen MR) is 69.3 cm³/mol. The second kappa shape index (κ2) is 4.92. The van der Waals surface area contributed by atoms with Gasteiger partial charge in [-0.15, -0.1) is 0 Å². The Labute approximate surface area is 104 Å². The van der Waals surface area contributed by atoms with Crippen molar-refractivity contribution in [2.45, 2.75) is 33.2 Å². The van der Waals surface area contributed by atoms with Crippen LogP contribution in [0.4, 0.5) is 0 Å². The first-order valence-corrected chi connectivity index (χ1v) is 6.18. The first-order chi connectivity index (χ1) is 7.64. The van der Waals surface area contributed by atoms with E-state index in [1.807, 2.05) is 32.7 Å². The summed E-state index contributed by atoms with van der Waals surface area (Å²) in [5.41, 5.74) is 7.90. The average Bonchev–Trinajstić information content (AvgIpc) is 2.19. The van der Waals surface area contributed by atoms with Gasteiger partial charge in [-0.1, -0.05) is 0 Å². The number of nitrogens with zero attached hydrogens (tertiary/aromatic N) is 2. The Balaban J connectivity index is 2.55. The van der Waals surface area contributed by atoms with E-state index in [0.29, 0.717) is 0 Å². The smallest absolute Gasteiger partial charge is 0.241 e. The van der Waals surface area contributed by atoms with E-state index in [9.17, 15) is 4.79 Å². The molecule has 5 nitrogen and oxygen atoms in total. The first kappa shape index (κ1) is 14.4. The number of rotatable bonds is 3. The van der Waals surface area contributed by atoms with E-state index in [2.05, 4.69) is 17.4 Å². The average molecular weight is 242 g/mol. The summed E-state index contributed by atoms with van der Waals surface area (Å²) in [4.78, 5) is 14.5. The van der Waals surface area contributed by atoms with Gasteiger partial charge in [0.1, 0.15) is 0 Å². The molecule has 3 N–H and O–H groups in total. The number of likely N-dealkylation sites (N-methyl/N-ethyl adjacent to an activating group) is 1. The van der Waals surface area contributed by atoms with Gasteiger partial charge in [-0.2, -0.15) is 0 Å². The lowest BCUT2D eigenvalue weighted by Gasteiger charge is -2.40. The molecule has 1 aliphatic rings. The van der Waals surface area contributed by atoms with Gasteiger partial charge in [0.25, 0.3) is 0 Å². The van der Waals surface area contributed by atoms with Crippen LogP contribution >= 0.6 is 0 Å². The first-order valence-electron chi connectivity index (χ1n) is 6.18. The lowest BCUT2D eigenvalue weighted by molar-refractivity contribution is -0.138. The van der Waals surface area contributed by atoms with Crippen molar-refractivity contribution in [2.75, 3.05) is 33.2 Å². The summed E-state index contributed by atoms with van der Waals surface area (Å²) in [5.74, 6) is -0.00504. The third kappa shape index (κ3) is 3.40. The standard InChI is InChI=1S/C12H26N4O/c1-11(2,12(3,4)13)10(17)14-16-8-6-15(5)7-9-16/h6-9,13H2,1-5H3,(H,14,17). The van der Waals surface area contributed by atoms with Gasteiger partial charge in [0, 0.05) is 31.7 Å². The van der Waals surface area contributed by atoms with Gasteiger partial charge in [-0.3, -0.25) is 10.2 Å². The van der Waals surface area contributed by atoms with Crippen LogP contribution in [0.1, 0.15) is 27.7 Å². The summed E-state index contributed by atoms with van der Waals surface area (Å²) < 4.78 is 0. The molecule has 0 unspecified atom stereocenters. The van der Waals surface area contributed by atoms with Gasteiger partial charge >= 0.3 is 0 Å². The molecule has 1 saturated heterocycles. The highest BCUT2D eigenvalue weighted by atomic mass is 16.2. The zero-order chi connectivity index (χ0) is 13.3. The minimum atomic E-state index is -0.587. The maximum Gasteiger partial charge on any atom is 0.241 e. The summed E-state index contributed by atoms with van der Waals surface area (Å²) in [5, 5.41) is 1.98. The van der Waals surface area contributed by atoms with Crippen molar-refractivity contribution in [3.8, 4) is 0 Å². The Morgan fingerprint density at radius 1 is 1.12 bits per heavy atom. The molecular weight excluding hydrogens is 216 g/mol. The predicted octanol–water partition coefficient (Wildman–Crippen LogP) is 0.0285. The molecule has 5 heteroatoms. The zero-order valence-electron chi connectivity index (χ0n) is 11.7. The molecule has 0 aromatic rings. The van der Waals surface area contributed by atoms with E-state index in [0.717, 1.165) is 26.2 Å². The number of piperazine rings is 1. The highest BCUT2D eigenvalue weighted by Gasteiger charge is 2.41. The number of carbonyl (C=O) groups excluding carboxylic acids is 1. The van der Waals surface area contributed by atoms with Crippen LogP contribution in [0.5, 0.6) is 0 Å². The number of hydrogen-bond donors (Lipinski definition) is 2. The molecule has 0 aromatic carbocycles. The van der Waals surface area contributed by atoms with E-state index < -0.39 is 11.0 Å². The van der Waals surface area contributed by atoms with Crippen molar-refractivity contribution in [3.05, 3.63) is 0 Å². The van der Waals surface area contributed by atoms with Gasteiger partial charge < -0.3 is 10.6 Å². The van der Waals surface area contributed by atoms with Crippen LogP contribution < -0.4 is 11.2 Å². The third-order valence-corrected chi connectivity index (χ3v) is 3.94. The molecule has 0 radical (unpaired) electrons. The minimum Gasteiger partial charge on any atom is -0.325 e. The van der Waals surface area contributed by atoms with Gasteiger partial charge in [0.15, 0.2) is 0 Å². The Morgan fingerprint density at radius 3 is 2.00 bits per heavy atom. The van der Waals surface area contributed by atoms with Gasteiger partial charge in [-0.05, 0) is 34.7 Å². The van der Waals surface area contributed by atoms with Gasteiger partial charge in [0.2, 0.25) is 5.91 Å². The van der Waals surface area contributed by atoms with Crippen molar-refractivity contribution in [3.63, 3.8) is 0 Å². The summed E-state index contributed by atoms with van der Waals surface area (Å²) in [7, 11) is 2.09. The lowest BCUT2D eigenvalue weighted by Crippen LogP contribution is -2.60. The molecule has 1 aliphatic heterocycles. The fourth-order valence-electron chi connectivity index (χ4n) is 1.49. The maximum atomic E-state index is 12.2. The molecule has 17 heavy (non-hydrogen) atoms. The second-order valence-electron chi connectivity index (χ2n) is 6.08. The van der Waals surface area contributed by atoms with Crippen molar-refractivity contribution >= 4 is 5.91 Å². The van der Waals surface area contributed by atoms with E-state index >= 15 is 0 Å². The van der Waals surface area contributed by atoms with Crippen molar-refractivity contribution in [2.24, 2.45) is 11.1 Å². The molecule has 0 aliphatic carbocycles. The number of carbonyl (C=O) groups is 1. The normalized spacial score (nSPS) is 20.4. The summed E-state index contributed by atoms with van der Waals surface area (Å²) in [6.07, 6.45) is 0. The largest absolute Gasteiger partial charge is 0.325 e. The number of amides is 1. The van der Waals surface area contributed by atoms with E-state index in [1.54, 1.807) is 0 Å². The van der Waals surface area contributed by atoms with Crippen LogP contribution in [0.25, 0.3) is 0 Å². The van der Waals surface area contributed by atoms with Crippen molar-refractivity contribution in [1.29, 1.82) is 0 Å². The Kier molecular flexibility index (Phi) is 4.17. The third-order valence-electron chi connectivity index (χ3n) is 3.94. The van der Waals surface area contributed by atoms with E-state index in [1.165, 1.54) is 0 Å². The molecule has 0 aromatic heterocycles. The SMILES string of the molecule is CN1CCN(NC(=O)C(C)(C)C(C)(C)N)CC1. The molecular formula is C12H26N4O. The van der Waals surface area contributed by atoms with Crippen LogP contribution in [0, 0.1) is 5.41 Å². The Morgan fingerprint density at radius 2 is 1.59 bits per heavy atom. The Bertz CT molecular complexity index is 275. The quantitative estimate of drug-likeness (QED) is 0.733. The molecule has 1 heterocycles. The molecule has 1 fully saturated rings. The second-order valence-corrected chi connectivity index (χ2v) is 6.08. The van der Waals surface area contributed by atoms with Gasteiger partial charge in [0.05, 0.1) is 5.41 Å². The highest BCUT2D eigenvalue weighted by Crippen LogP contribution is 2.28. The molecule has 1 rings (SSSR count). The minimum absolute atomic E-state index is 0.00504. The van der Waals surface area contributed by atoms with Crippen molar-refractivity contribution in [1.82, 2.24) is 15.3 Å². The van der Waals surface area contributed by atoms with Crippen LogP contribution in [0.2, 0.25) is 0 Å². The number of hydrazine groups is 1. The topological polar surface area (TPSA) is 61.6 Å². The van der Waals surface area contributed by atoms with E-state index in [4.69, 9.17) is 5.73 Å². The fraction of sp³-hybridized carbons (Fsp3) is 0.917. The Hall–Kier alpha value is -0.650. The van der Waals surface area contributed by atoms with Crippen LogP contribution in [0.15, 0.2) is 0 Å². The molecule has 0 bridgehead atoms. The lowest BCUT2D eigenvalue weighted by atomic mass is 9.74. The van der Waals surface area contributed by atoms with Crippen LogP contribution in [-0.2, 0) is 4.79 Å². The van der Waals surface area contributed by atoms with Crippen LogP contribution in [-0.4, -0.2) is 54.6 Å². The molecule has 0 spiro atoms. The number of nitrogens with one attached hydrogen (secondary N) is 1. The molecule has 0 atom stereocenters. The number of hydrogen-bond acceptors (Lipinski definition) is 4. The summed E-state index contributed by atoms with van der Waals surface area (Å²) in [6, 6.07) is 0. The van der Waals surface area contributed by atoms with Crippen molar-refractivity contribution < 1.29 is 4.79 Å². The monoisotopic (exact) mass is 242 g/mol. The molecule has 1 amide bonds. The summed E-state index contributed by atoms with van der Waals surface area (Å²) in [6.45, 7) is 11.2. The van der Waals surface area contributed by atoms with E-state index in [-0.39, 0.29) is 5.91 Å².